The Morgan fingerprint density at radius 3 is 2.19 bits per heavy atom. The van der Waals surface area contributed by atoms with E-state index in [1.807, 2.05) is 0 Å². The lowest BCUT2D eigenvalue weighted by Crippen LogP contribution is -2.15. The lowest BCUT2D eigenvalue weighted by atomic mass is 9.94. The fourth-order valence-corrected chi connectivity index (χ4v) is 2.72. The molecule has 112 valence electrons. The molecule has 2 rings (SSSR count). The lowest BCUT2D eigenvalue weighted by Gasteiger charge is -2.18. The highest BCUT2D eigenvalue weighted by Gasteiger charge is 2.31. The molecule has 0 amide bonds. The molecular weight excluding hydrogens is 350 g/mol. The Morgan fingerprint density at radius 1 is 1.05 bits per heavy atom. The minimum atomic E-state index is -4.39. The van der Waals surface area contributed by atoms with E-state index in [1.165, 1.54) is 24.3 Å². The maximum atomic E-state index is 13.1. The van der Waals surface area contributed by atoms with Crippen molar-refractivity contribution in [1.29, 1.82) is 0 Å². The van der Waals surface area contributed by atoms with Crippen molar-refractivity contribution in [3.8, 4) is 0 Å². The van der Waals surface area contributed by atoms with Gasteiger partial charge in [-0.1, -0.05) is 28.1 Å². The summed E-state index contributed by atoms with van der Waals surface area (Å²) in [6.07, 6.45) is -4.39. The molecule has 1 atom stereocenters. The van der Waals surface area contributed by atoms with E-state index in [0.717, 1.165) is 12.1 Å². The molecule has 1 nitrogen and oxygen atoms in total. The minimum Gasteiger partial charge on any atom is -0.320 e. The Kier molecular flexibility index (Phi) is 4.39. The van der Waals surface area contributed by atoms with Gasteiger partial charge in [0.15, 0.2) is 0 Å². The summed E-state index contributed by atoms with van der Waals surface area (Å²) in [5.74, 6) is -0.415. The lowest BCUT2D eigenvalue weighted by molar-refractivity contribution is -0.137. The number of benzene rings is 2. The van der Waals surface area contributed by atoms with Gasteiger partial charge >= 0.3 is 6.18 Å². The van der Waals surface area contributed by atoms with Crippen LogP contribution in [0.4, 0.5) is 17.6 Å². The highest BCUT2D eigenvalue weighted by molar-refractivity contribution is 9.10. The van der Waals surface area contributed by atoms with E-state index in [0.29, 0.717) is 21.2 Å². The number of halogens is 5. The maximum absolute atomic E-state index is 13.1. The van der Waals surface area contributed by atoms with Crippen LogP contribution in [-0.2, 0) is 6.18 Å². The zero-order chi connectivity index (χ0) is 15.8. The second-order valence-corrected chi connectivity index (χ2v) is 5.57. The predicted octanol–water partition coefficient (Wildman–Crippen LogP) is 4.96. The Balaban J connectivity index is 2.42. The fraction of sp³-hybridized carbons (Fsp3) is 0.200. The average molecular weight is 362 g/mol. The first-order valence-corrected chi connectivity index (χ1v) is 6.87. The van der Waals surface area contributed by atoms with Crippen LogP contribution in [0.5, 0.6) is 0 Å². The first kappa shape index (κ1) is 16.0. The first-order chi connectivity index (χ1) is 9.70. The van der Waals surface area contributed by atoms with Crippen molar-refractivity contribution in [2.45, 2.75) is 19.1 Å². The monoisotopic (exact) mass is 361 g/mol. The molecule has 2 aromatic rings. The van der Waals surface area contributed by atoms with Gasteiger partial charge in [0.05, 0.1) is 11.6 Å². The van der Waals surface area contributed by atoms with Crippen LogP contribution in [0.25, 0.3) is 0 Å². The summed E-state index contributed by atoms with van der Waals surface area (Å²) < 4.78 is 51.5. The van der Waals surface area contributed by atoms with Crippen LogP contribution in [0.15, 0.2) is 40.9 Å². The summed E-state index contributed by atoms with van der Waals surface area (Å²) >= 11 is 3.22. The Bertz CT molecular complexity index is 667. The van der Waals surface area contributed by atoms with E-state index in [9.17, 15) is 17.6 Å². The van der Waals surface area contributed by atoms with Gasteiger partial charge in [-0.2, -0.15) is 13.2 Å². The summed E-state index contributed by atoms with van der Waals surface area (Å²) in [7, 11) is 0. The van der Waals surface area contributed by atoms with Crippen LogP contribution in [-0.4, -0.2) is 0 Å². The van der Waals surface area contributed by atoms with Crippen molar-refractivity contribution >= 4 is 15.9 Å². The van der Waals surface area contributed by atoms with Crippen LogP contribution in [0, 0.1) is 12.7 Å². The molecule has 0 aromatic heterocycles. The van der Waals surface area contributed by atoms with Crippen molar-refractivity contribution in [3.63, 3.8) is 0 Å². The molecule has 2 aromatic carbocycles. The van der Waals surface area contributed by atoms with Crippen LogP contribution in [0.2, 0.25) is 0 Å². The number of rotatable bonds is 2. The first-order valence-electron chi connectivity index (χ1n) is 6.08. The maximum Gasteiger partial charge on any atom is 0.416 e. The fourth-order valence-electron chi connectivity index (χ4n) is 2.12. The molecule has 0 aliphatic carbocycles. The molecule has 0 spiro atoms. The number of nitrogens with two attached hydrogens (primary N) is 1. The molecule has 0 saturated heterocycles. The van der Waals surface area contributed by atoms with Crippen LogP contribution in [0.1, 0.15) is 28.3 Å². The van der Waals surface area contributed by atoms with Crippen molar-refractivity contribution in [3.05, 3.63) is 68.9 Å². The molecule has 6 heteroatoms. The van der Waals surface area contributed by atoms with E-state index >= 15 is 0 Å². The van der Waals surface area contributed by atoms with Crippen molar-refractivity contribution in [2.24, 2.45) is 5.73 Å². The molecule has 0 aliphatic rings. The summed E-state index contributed by atoms with van der Waals surface area (Å²) in [5.41, 5.74) is 6.99. The van der Waals surface area contributed by atoms with Gasteiger partial charge in [-0.05, 0) is 47.9 Å². The Hall–Kier alpha value is -1.40. The summed E-state index contributed by atoms with van der Waals surface area (Å²) in [6.45, 7) is 1.57. The Morgan fingerprint density at radius 2 is 1.67 bits per heavy atom. The van der Waals surface area contributed by atoms with E-state index in [1.54, 1.807) is 6.92 Å². The van der Waals surface area contributed by atoms with E-state index in [4.69, 9.17) is 5.73 Å². The second-order valence-electron chi connectivity index (χ2n) is 4.71. The molecule has 0 bridgehead atoms. The normalized spacial score (nSPS) is 13.3. The van der Waals surface area contributed by atoms with Gasteiger partial charge in [-0.25, -0.2) is 4.39 Å². The van der Waals surface area contributed by atoms with Crippen molar-refractivity contribution in [2.75, 3.05) is 0 Å². The highest BCUT2D eigenvalue weighted by Crippen LogP contribution is 2.34. The molecule has 0 fully saturated rings. The predicted molar refractivity (Wildman–Crippen MR) is 76.3 cm³/mol. The van der Waals surface area contributed by atoms with Crippen molar-refractivity contribution in [1.82, 2.24) is 0 Å². The third kappa shape index (κ3) is 3.44. The SMILES string of the molecule is Cc1cc(C(F)(F)F)ccc1C(N)c1ccc(F)cc1Br. The molecule has 21 heavy (non-hydrogen) atoms. The van der Waals surface area contributed by atoms with Crippen LogP contribution >= 0.6 is 15.9 Å². The van der Waals surface area contributed by atoms with Gasteiger partial charge in [0.1, 0.15) is 5.82 Å². The van der Waals surface area contributed by atoms with E-state index in [-0.39, 0.29) is 0 Å². The third-order valence-corrected chi connectivity index (χ3v) is 3.92. The molecule has 0 radical (unpaired) electrons. The van der Waals surface area contributed by atoms with E-state index in [2.05, 4.69) is 15.9 Å². The summed E-state index contributed by atoms with van der Waals surface area (Å²) in [4.78, 5) is 0. The second kappa shape index (κ2) is 5.77. The number of aryl methyl sites for hydroxylation is 1. The zero-order valence-electron chi connectivity index (χ0n) is 11.0. The Labute approximate surface area is 127 Å². The molecule has 1 unspecified atom stereocenters. The van der Waals surface area contributed by atoms with Crippen LogP contribution < -0.4 is 5.73 Å². The van der Waals surface area contributed by atoms with Crippen LogP contribution in [0.3, 0.4) is 0 Å². The largest absolute Gasteiger partial charge is 0.416 e. The van der Waals surface area contributed by atoms with Gasteiger partial charge < -0.3 is 5.73 Å². The van der Waals surface area contributed by atoms with Gasteiger partial charge in [0.25, 0.3) is 0 Å². The zero-order valence-corrected chi connectivity index (χ0v) is 12.6. The van der Waals surface area contributed by atoms with Gasteiger partial charge in [0.2, 0.25) is 0 Å². The van der Waals surface area contributed by atoms with Gasteiger partial charge in [0, 0.05) is 4.47 Å². The third-order valence-electron chi connectivity index (χ3n) is 3.23. The van der Waals surface area contributed by atoms with E-state index < -0.39 is 23.6 Å². The number of alkyl halides is 3. The number of hydrogen-bond acceptors (Lipinski definition) is 1. The summed E-state index contributed by atoms with van der Waals surface area (Å²) in [6, 6.07) is 6.84. The summed E-state index contributed by atoms with van der Waals surface area (Å²) in [5, 5.41) is 0. The van der Waals surface area contributed by atoms with Gasteiger partial charge in [-0.15, -0.1) is 0 Å². The van der Waals surface area contributed by atoms with Crippen molar-refractivity contribution < 1.29 is 17.6 Å². The molecule has 0 heterocycles. The topological polar surface area (TPSA) is 26.0 Å². The molecule has 0 saturated carbocycles. The standard InChI is InChI=1S/C15H12BrF4N/c1-8-6-9(15(18,19)20)2-4-11(8)14(21)12-5-3-10(17)7-13(12)16/h2-7,14H,21H2,1H3. The minimum absolute atomic E-state index is 0.415. The quantitative estimate of drug-likeness (QED) is 0.751. The highest BCUT2D eigenvalue weighted by atomic mass is 79.9. The average Bonchev–Trinajstić information content (AvgIpc) is 2.36. The van der Waals surface area contributed by atoms with Gasteiger partial charge in [-0.3, -0.25) is 0 Å². The molecular formula is C15H12BrF4N. The molecule has 2 N–H and O–H groups in total. The smallest absolute Gasteiger partial charge is 0.320 e. The molecule has 0 aliphatic heterocycles. The number of hydrogen-bond donors (Lipinski definition) is 1.